The van der Waals surface area contributed by atoms with Crippen LogP contribution in [0, 0.1) is 11.8 Å². The van der Waals surface area contributed by atoms with Gasteiger partial charge in [-0.25, -0.2) is 21.8 Å². The molecule has 0 amide bonds. The van der Waals surface area contributed by atoms with Crippen molar-refractivity contribution in [2.45, 2.75) is 42.0 Å². The molecule has 188 valence electrons. The number of carbonyl (C=O) groups is 1. The Kier molecular flexibility index (Phi) is 8.23. The number of pyridine rings is 1. The van der Waals surface area contributed by atoms with E-state index in [0.717, 1.165) is 6.26 Å². The maximum atomic E-state index is 13.2. The number of carbonyl (C=O) groups excluding carboxylic acids is 1. The summed E-state index contributed by atoms with van der Waals surface area (Å²) in [5, 5.41) is -0.284. The summed E-state index contributed by atoms with van der Waals surface area (Å²) in [5.74, 6) is 5.02. The van der Waals surface area contributed by atoms with Gasteiger partial charge in [0.15, 0.2) is 24.7 Å². The average Bonchev–Trinajstić information content (AvgIpc) is 2.82. The van der Waals surface area contributed by atoms with Gasteiger partial charge in [0.2, 0.25) is 0 Å². The number of aromatic nitrogens is 1. The number of rotatable bonds is 7. The number of nitrogens with zero attached hydrogens (tertiary/aromatic N) is 2. The van der Waals surface area contributed by atoms with Gasteiger partial charge >= 0.3 is 5.97 Å². The summed E-state index contributed by atoms with van der Waals surface area (Å²) in [7, 11) is -6.49. The Hall–Kier alpha value is -2.20. The van der Waals surface area contributed by atoms with Crippen molar-refractivity contribution in [1.29, 1.82) is 0 Å². The topological polar surface area (TPSA) is 129 Å². The fourth-order valence-electron chi connectivity index (χ4n) is 4.22. The summed E-state index contributed by atoms with van der Waals surface area (Å²) in [5.41, 5.74) is 0.342. The molecule has 0 saturated carbocycles. The summed E-state index contributed by atoms with van der Waals surface area (Å²) < 4.78 is 66.6. The molecule has 2 fully saturated rings. The molecule has 3 heterocycles. The zero-order chi connectivity index (χ0) is 25.0. The Morgan fingerprint density at radius 2 is 1.91 bits per heavy atom. The molecule has 34 heavy (non-hydrogen) atoms. The molecule has 0 radical (unpaired) electrons. The molecule has 0 spiro atoms. The maximum absolute atomic E-state index is 13.2. The molecule has 12 heteroatoms. The fourth-order valence-corrected chi connectivity index (χ4v) is 6.86. The van der Waals surface area contributed by atoms with Gasteiger partial charge in [-0.15, -0.1) is 5.92 Å². The Morgan fingerprint density at radius 1 is 1.21 bits per heavy atom. The summed E-state index contributed by atoms with van der Waals surface area (Å²) in [6.07, 6.45) is 1.20. The van der Waals surface area contributed by atoms with E-state index in [9.17, 15) is 21.6 Å². The minimum absolute atomic E-state index is 0.193. The Morgan fingerprint density at radius 3 is 2.53 bits per heavy atom. The zero-order valence-electron chi connectivity index (χ0n) is 19.6. The first-order valence-corrected chi connectivity index (χ1v) is 14.4. The number of anilines is 1. The average molecular weight is 515 g/mol. The lowest BCUT2D eigenvalue weighted by Crippen LogP contribution is -2.46. The van der Waals surface area contributed by atoms with Crippen LogP contribution in [-0.2, 0) is 43.4 Å². The van der Waals surface area contributed by atoms with Crippen LogP contribution in [0.1, 0.15) is 31.7 Å². The van der Waals surface area contributed by atoms with E-state index >= 15 is 0 Å². The normalized spacial score (nSPS) is 20.8. The minimum Gasteiger partial charge on any atom is -0.469 e. The van der Waals surface area contributed by atoms with Crippen molar-refractivity contribution in [1.82, 2.24) is 4.98 Å². The van der Waals surface area contributed by atoms with Crippen molar-refractivity contribution >= 4 is 31.5 Å². The van der Waals surface area contributed by atoms with Crippen molar-refractivity contribution < 1.29 is 35.8 Å². The first-order chi connectivity index (χ1) is 16.0. The number of methoxy groups -OCH3 is 1. The molecule has 0 N–H and O–H groups in total. The summed E-state index contributed by atoms with van der Waals surface area (Å²) in [4.78, 5) is 17.8. The van der Waals surface area contributed by atoms with E-state index < -0.39 is 36.1 Å². The number of hydrogen-bond acceptors (Lipinski definition) is 10. The highest BCUT2D eigenvalue weighted by Gasteiger charge is 2.45. The zero-order valence-corrected chi connectivity index (χ0v) is 21.2. The van der Waals surface area contributed by atoms with E-state index in [-0.39, 0.29) is 43.5 Å². The largest absolute Gasteiger partial charge is 0.469 e. The third kappa shape index (κ3) is 5.54. The van der Waals surface area contributed by atoms with E-state index in [4.69, 9.17) is 9.47 Å². The molecule has 1 atom stereocenters. The van der Waals surface area contributed by atoms with Crippen LogP contribution in [-0.4, -0.2) is 85.9 Å². The number of esters is 1. The molecule has 0 unspecified atom stereocenters. The van der Waals surface area contributed by atoms with Crippen molar-refractivity contribution in [2.24, 2.45) is 0 Å². The second-order valence-corrected chi connectivity index (χ2v) is 12.6. The highest BCUT2D eigenvalue weighted by atomic mass is 32.2. The van der Waals surface area contributed by atoms with E-state index in [1.54, 1.807) is 13.0 Å². The third-order valence-corrected chi connectivity index (χ3v) is 9.83. The van der Waals surface area contributed by atoms with Gasteiger partial charge < -0.3 is 19.1 Å². The van der Waals surface area contributed by atoms with Gasteiger partial charge in [0.25, 0.3) is 0 Å². The molecule has 2 aliphatic rings. The molecule has 1 aromatic heterocycles. The first kappa shape index (κ1) is 26.4. The second-order valence-electron chi connectivity index (χ2n) is 8.25. The van der Waals surface area contributed by atoms with Crippen molar-refractivity contribution in [2.75, 3.05) is 57.0 Å². The Balaban J connectivity index is 2.19. The van der Waals surface area contributed by atoms with Gasteiger partial charge in [0.05, 0.1) is 32.5 Å². The van der Waals surface area contributed by atoms with Gasteiger partial charge in [0.1, 0.15) is 16.6 Å². The number of ether oxygens (including phenoxy) is 3. The SMILES string of the molecule is CC#C[C@H]1COCCN1c1cc(C2(S(C)(=O)=O)CCOCC2)cc(S(=O)(=O)CCC(=O)OC)n1. The van der Waals surface area contributed by atoms with Crippen LogP contribution < -0.4 is 4.90 Å². The second kappa shape index (κ2) is 10.6. The monoisotopic (exact) mass is 514 g/mol. The highest BCUT2D eigenvalue weighted by molar-refractivity contribution is 7.92. The highest BCUT2D eigenvalue weighted by Crippen LogP contribution is 2.41. The summed E-state index contributed by atoms with van der Waals surface area (Å²) >= 11 is 0. The molecule has 0 bridgehead atoms. The smallest absolute Gasteiger partial charge is 0.306 e. The molecule has 3 rings (SSSR count). The Bertz CT molecular complexity index is 1180. The first-order valence-electron chi connectivity index (χ1n) is 10.9. The van der Waals surface area contributed by atoms with Crippen LogP contribution in [0.5, 0.6) is 0 Å². The molecule has 1 aromatic rings. The van der Waals surface area contributed by atoms with E-state index in [1.165, 1.54) is 13.2 Å². The summed E-state index contributed by atoms with van der Waals surface area (Å²) in [6.45, 7) is 3.27. The lowest BCUT2D eigenvalue weighted by atomic mass is 9.91. The van der Waals surface area contributed by atoms with Crippen molar-refractivity contribution in [3.63, 3.8) is 0 Å². The quantitative estimate of drug-likeness (QED) is 0.379. The number of sulfone groups is 2. The van der Waals surface area contributed by atoms with Gasteiger partial charge in [-0.2, -0.15) is 0 Å². The fraction of sp³-hybridized carbons (Fsp3) is 0.636. The van der Waals surface area contributed by atoms with Crippen LogP contribution in [0.3, 0.4) is 0 Å². The van der Waals surface area contributed by atoms with Gasteiger partial charge in [-0.1, -0.05) is 5.92 Å². The van der Waals surface area contributed by atoms with Crippen LogP contribution in [0.2, 0.25) is 0 Å². The molecule has 2 aliphatic heterocycles. The van der Waals surface area contributed by atoms with E-state index in [2.05, 4.69) is 21.6 Å². The number of hydrogen-bond donors (Lipinski definition) is 0. The van der Waals surface area contributed by atoms with Gasteiger partial charge in [-0.3, -0.25) is 4.79 Å². The minimum atomic E-state index is -4.02. The third-order valence-electron chi connectivity index (χ3n) is 6.18. The van der Waals surface area contributed by atoms with Crippen molar-refractivity contribution in [3.05, 3.63) is 17.7 Å². The standard InChI is InChI=1S/C22H30N2O8S2/c1-4-5-18-16-32-12-9-24(18)19-14-17(22(33(3,26)27)7-10-31-11-8-22)15-20(23-19)34(28,29)13-6-21(25)30-2/h14-15,18H,6-13,16H2,1-3H3/t18-/m0/s1. The maximum Gasteiger partial charge on any atom is 0.306 e. The van der Waals surface area contributed by atoms with Crippen LogP contribution in [0.25, 0.3) is 0 Å². The van der Waals surface area contributed by atoms with Crippen LogP contribution >= 0.6 is 0 Å². The predicted octanol–water partition coefficient (Wildman–Crippen LogP) is 0.697. The molecular formula is C22H30N2O8S2. The molecule has 2 saturated heterocycles. The lowest BCUT2D eigenvalue weighted by Gasteiger charge is -2.38. The van der Waals surface area contributed by atoms with Gasteiger partial charge in [-0.05, 0) is 37.5 Å². The molecule has 0 aliphatic carbocycles. The predicted molar refractivity (Wildman–Crippen MR) is 125 cm³/mol. The van der Waals surface area contributed by atoms with Crippen molar-refractivity contribution in [3.8, 4) is 11.8 Å². The lowest BCUT2D eigenvalue weighted by molar-refractivity contribution is -0.140. The molecule has 0 aromatic carbocycles. The molecular weight excluding hydrogens is 484 g/mol. The van der Waals surface area contributed by atoms with Crippen LogP contribution in [0.4, 0.5) is 5.82 Å². The molecule has 10 nitrogen and oxygen atoms in total. The van der Waals surface area contributed by atoms with E-state index in [1.807, 2.05) is 4.90 Å². The van der Waals surface area contributed by atoms with E-state index in [0.29, 0.717) is 31.1 Å². The number of morpholine rings is 1. The van der Waals surface area contributed by atoms with Gasteiger partial charge in [0, 0.05) is 26.0 Å². The van der Waals surface area contributed by atoms with Crippen LogP contribution in [0.15, 0.2) is 17.2 Å². The Labute approximate surface area is 200 Å². The summed E-state index contributed by atoms with van der Waals surface area (Å²) in [6, 6.07) is 2.60.